The fourth-order valence-corrected chi connectivity index (χ4v) is 2.84. The maximum atomic E-state index is 13.1. The van der Waals surface area contributed by atoms with Crippen molar-refractivity contribution in [3.63, 3.8) is 0 Å². The number of hydrogen-bond acceptors (Lipinski definition) is 1. The van der Waals surface area contributed by atoms with Crippen LogP contribution >= 0.6 is 0 Å². The van der Waals surface area contributed by atoms with Crippen molar-refractivity contribution in [1.29, 1.82) is 0 Å². The van der Waals surface area contributed by atoms with Crippen LogP contribution in [-0.2, 0) is 6.42 Å². The van der Waals surface area contributed by atoms with Crippen molar-refractivity contribution in [3.8, 4) is 0 Å². The molecule has 1 aliphatic rings. The second-order valence-corrected chi connectivity index (χ2v) is 5.30. The molecule has 2 unspecified atom stereocenters. The Morgan fingerprint density at radius 1 is 1.35 bits per heavy atom. The smallest absolute Gasteiger partial charge is 0.159 e. The van der Waals surface area contributed by atoms with Gasteiger partial charge in [0.1, 0.15) is 0 Å². The highest BCUT2D eigenvalue weighted by Crippen LogP contribution is 2.36. The van der Waals surface area contributed by atoms with Gasteiger partial charge in [-0.2, -0.15) is 0 Å². The third-order valence-electron chi connectivity index (χ3n) is 3.86. The van der Waals surface area contributed by atoms with Gasteiger partial charge in [-0.25, -0.2) is 8.78 Å². The van der Waals surface area contributed by atoms with E-state index in [1.54, 1.807) is 6.07 Å². The van der Waals surface area contributed by atoms with E-state index in [9.17, 15) is 8.78 Å². The zero-order valence-corrected chi connectivity index (χ0v) is 10.2. The Labute approximate surface area is 101 Å². The number of halogens is 2. The lowest BCUT2D eigenvalue weighted by Gasteiger charge is -2.24. The topological polar surface area (TPSA) is 26.0 Å². The molecule has 0 aromatic heterocycles. The van der Waals surface area contributed by atoms with Gasteiger partial charge in [-0.15, -0.1) is 0 Å². The second kappa shape index (κ2) is 4.73. The Kier molecular flexibility index (Phi) is 3.48. The molecule has 2 N–H and O–H groups in total. The fraction of sp³-hybridized carbons (Fsp3) is 0.571. The van der Waals surface area contributed by atoms with E-state index in [1.807, 2.05) is 0 Å². The summed E-state index contributed by atoms with van der Waals surface area (Å²) in [6.45, 7) is 2.17. The van der Waals surface area contributed by atoms with Gasteiger partial charge in [0.05, 0.1) is 0 Å². The van der Waals surface area contributed by atoms with E-state index in [1.165, 1.54) is 12.1 Å². The van der Waals surface area contributed by atoms with Gasteiger partial charge >= 0.3 is 0 Å². The normalized spacial score (nSPS) is 28.6. The zero-order chi connectivity index (χ0) is 12.5. The van der Waals surface area contributed by atoms with Gasteiger partial charge in [0.15, 0.2) is 11.6 Å². The highest BCUT2D eigenvalue weighted by atomic mass is 19.2. The van der Waals surface area contributed by atoms with Crippen molar-refractivity contribution >= 4 is 0 Å². The summed E-state index contributed by atoms with van der Waals surface area (Å²) < 4.78 is 25.9. The van der Waals surface area contributed by atoms with Gasteiger partial charge in [-0.1, -0.05) is 19.4 Å². The first kappa shape index (κ1) is 12.5. The van der Waals surface area contributed by atoms with Gasteiger partial charge in [0.2, 0.25) is 0 Å². The van der Waals surface area contributed by atoms with Gasteiger partial charge < -0.3 is 5.73 Å². The monoisotopic (exact) mass is 239 g/mol. The molecular formula is C14H19F2N. The summed E-state index contributed by atoms with van der Waals surface area (Å²) in [4.78, 5) is 0. The molecule has 94 valence electrons. The number of rotatable bonds is 3. The van der Waals surface area contributed by atoms with Crippen LogP contribution in [0.15, 0.2) is 18.2 Å². The third kappa shape index (κ3) is 2.83. The first-order chi connectivity index (χ1) is 8.02. The van der Waals surface area contributed by atoms with Crippen molar-refractivity contribution in [2.45, 2.75) is 44.6 Å². The molecule has 2 rings (SSSR count). The van der Waals surface area contributed by atoms with Gasteiger partial charge in [0, 0.05) is 5.54 Å². The van der Waals surface area contributed by atoms with Crippen LogP contribution in [0.4, 0.5) is 8.78 Å². The predicted molar refractivity (Wildman–Crippen MR) is 64.6 cm³/mol. The molecule has 17 heavy (non-hydrogen) atoms. The molecule has 1 fully saturated rings. The summed E-state index contributed by atoms with van der Waals surface area (Å²) in [5.74, 6) is -0.890. The van der Waals surface area contributed by atoms with Gasteiger partial charge in [0.25, 0.3) is 0 Å². The largest absolute Gasteiger partial charge is 0.325 e. The minimum atomic E-state index is -0.794. The van der Waals surface area contributed by atoms with Crippen molar-refractivity contribution in [2.75, 3.05) is 0 Å². The standard InChI is InChI=1S/C14H19F2N/c1-2-10-5-6-14(17,8-10)9-11-3-4-12(15)13(16)7-11/h3-4,7,10H,2,5-6,8-9,17H2,1H3. The van der Waals surface area contributed by atoms with Crippen LogP contribution in [0.1, 0.15) is 38.2 Å². The van der Waals surface area contributed by atoms with E-state index < -0.39 is 11.6 Å². The molecule has 0 aliphatic heterocycles. The molecule has 0 radical (unpaired) electrons. The first-order valence-corrected chi connectivity index (χ1v) is 6.25. The Morgan fingerprint density at radius 2 is 2.12 bits per heavy atom. The SMILES string of the molecule is CCC1CCC(N)(Cc2ccc(F)c(F)c2)C1. The third-order valence-corrected chi connectivity index (χ3v) is 3.86. The number of hydrogen-bond donors (Lipinski definition) is 1. The van der Waals surface area contributed by atoms with Crippen LogP contribution < -0.4 is 5.73 Å². The van der Waals surface area contributed by atoms with Gasteiger partial charge in [-0.05, 0) is 49.3 Å². The van der Waals surface area contributed by atoms with E-state index in [0.29, 0.717) is 12.3 Å². The molecular weight excluding hydrogens is 220 g/mol. The zero-order valence-electron chi connectivity index (χ0n) is 10.2. The Morgan fingerprint density at radius 3 is 2.71 bits per heavy atom. The fourth-order valence-electron chi connectivity index (χ4n) is 2.84. The van der Waals surface area contributed by atoms with E-state index >= 15 is 0 Å². The summed E-state index contributed by atoms with van der Waals surface area (Å²) in [5.41, 5.74) is 6.89. The van der Waals surface area contributed by atoms with Crippen LogP contribution in [0.2, 0.25) is 0 Å². The molecule has 1 aromatic rings. The van der Waals surface area contributed by atoms with E-state index in [2.05, 4.69) is 6.92 Å². The highest BCUT2D eigenvalue weighted by molar-refractivity contribution is 5.21. The summed E-state index contributed by atoms with van der Waals surface area (Å²) in [5, 5.41) is 0. The van der Waals surface area contributed by atoms with E-state index in [0.717, 1.165) is 31.2 Å². The average molecular weight is 239 g/mol. The van der Waals surface area contributed by atoms with Crippen LogP contribution in [0.5, 0.6) is 0 Å². The van der Waals surface area contributed by atoms with Crippen LogP contribution in [-0.4, -0.2) is 5.54 Å². The van der Waals surface area contributed by atoms with Gasteiger partial charge in [-0.3, -0.25) is 0 Å². The molecule has 0 saturated heterocycles. The molecule has 0 spiro atoms. The molecule has 1 aliphatic carbocycles. The van der Waals surface area contributed by atoms with Crippen molar-refractivity contribution in [1.82, 2.24) is 0 Å². The molecule has 0 bridgehead atoms. The summed E-state index contributed by atoms with van der Waals surface area (Å²) in [6, 6.07) is 4.08. The van der Waals surface area contributed by atoms with E-state index in [4.69, 9.17) is 5.73 Å². The van der Waals surface area contributed by atoms with Crippen LogP contribution in [0.25, 0.3) is 0 Å². The molecule has 0 heterocycles. The van der Waals surface area contributed by atoms with Crippen LogP contribution in [0.3, 0.4) is 0 Å². The summed E-state index contributed by atoms with van der Waals surface area (Å²) >= 11 is 0. The average Bonchev–Trinajstić information content (AvgIpc) is 2.66. The summed E-state index contributed by atoms with van der Waals surface area (Å²) in [7, 11) is 0. The lowest BCUT2D eigenvalue weighted by molar-refractivity contribution is 0.405. The van der Waals surface area contributed by atoms with Crippen LogP contribution in [0, 0.1) is 17.6 Å². The number of benzene rings is 1. The highest BCUT2D eigenvalue weighted by Gasteiger charge is 2.34. The maximum Gasteiger partial charge on any atom is 0.159 e. The maximum absolute atomic E-state index is 13.1. The second-order valence-electron chi connectivity index (χ2n) is 5.30. The van der Waals surface area contributed by atoms with Crippen molar-refractivity contribution in [3.05, 3.63) is 35.4 Å². The minimum Gasteiger partial charge on any atom is -0.325 e. The molecule has 1 nitrogen and oxygen atoms in total. The van der Waals surface area contributed by atoms with Crippen molar-refractivity contribution < 1.29 is 8.78 Å². The molecule has 2 atom stereocenters. The molecule has 3 heteroatoms. The Hall–Kier alpha value is -0.960. The Balaban J connectivity index is 2.08. The van der Waals surface area contributed by atoms with E-state index in [-0.39, 0.29) is 5.54 Å². The Bertz CT molecular complexity index is 405. The summed E-state index contributed by atoms with van der Waals surface area (Å²) in [6.07, 6.45) is 4.90. The van der Waals surface area contributed by atoms with Crippen molar-refractivity contribution in [2.24, 2.45) is 11.7 Å². The number of nitrogens with two attached hydrogens (primary N) is 1. The lowest BCUT2D eigenvalue weighted by atomic mass is 9.89. The lowest BCUT2D eigenvalue weighted by Crippen LogP contribution is -2.39. The molecule has 0 amide bonds. The quantitative estimate of drug-likeness (QED) is 0.859. The molecule has 1 aromatic carbocycles. The first-order valence-electron chi connectivity index (χ1n) is 6.25. The molecule has 1 saturated carbocycles. The minimum absolute atomic E-state index is 0.231. The predicted octanol–water partition coefficient (Wildman–Crippen LogP) is 3.41.